The number of esters is 1. The Morgan fingerprint density at radius 1 is 0.795 bits per heavy atom. The summed E-state index contributed by atoms with van der Waals surface area (Å²) in [5.74, 6) is -0.494. The molecule has 1 aliphatic rings. The van der Waals surface area contributed by atoms with Crippen LogP contribution >= 0.6 is 11.8 Å². The van der Waals surface area contributed by atoms with E-state index in [-0.39, 0.29) is 18.4 Å². The quantitative estimate of drug-likeness (QED) is 0.190. The number of carbonyl (C=O) groups is 1. The maximum Gasteiger partial charge on any atom is 0.303 e. The molecule has 0 bridgehead atoms. The SMILES string of the molecule is CC(=O)O[C@H]1[C@@H](OCc2ccccc2)[C@H](OCc2ccccc2)[C@@H](COCc2ccccc2)O[C@H]1SC(=N)N. The van der Waals surface area contributed by atoms with Crippen molar-refractivity contribution in [3.05, 3.63) is 108 Å². The van der Waals surface area contributed by atoms with Gasteiger partial charge >= 0.3 is 5.97 Å². The smallest absolute Gasteiger partial charge is 0.303 e. The third kappa shape index (κ3) is 8.91. The first-order valence-electron chi connectivity index (χ1n) is 12.8. The Hall–Kier alpha value is -3.21. The number of rotatable bonds is 12. The lowest BCUT2D eigenvalue weighted by atomic mass is 9.99. The van der Waals surface area contributed by atoms with Gasteiger partial charge < -0.3 is 29.4 Å². The summed E-state index contributed by atoms with van der Waals surface area (Å²) in [6.45, 7) is 2.48. The van der Waals surface area contributed by atoms with E-state index in [1.54, 1.807) is 0 Å². The second kappa shape index (κ2) is 14.8. The summed E-state index contributed by atoms with van der Waals surface area (Å²) in [4.78, 5) is 12.2. The predicted molar refractivity (Wildman–Crippen MR) is 150 cm³/mol. The van der Waals surface area contributed by atoms with Crippen molar-refractivity contribution in [2.75, 3.05) is 6.61 Å². The van der Waals surface area contributed by atoms with Crippen molar-refractivity contribution in [1.29, 1.82) is 5.41 Å². The summed E-state index contributed by atoms with van der Waals surface area (Å²) in [6.07, 6.45) is -2.81. The van der Waals surface area contributed by atoms with E-state index < -0.39 is 35.8 Å². The zero-order valence-corrected chi connectivity index (χ0v) is 22.6. The highest BCUT2D eigenvalue weighted by Crippen LogP contribution is 2.35. The monoisotopic (exact) mass is 550 g/mol. The topological polar surface area (TPSA) is 113 Å². The Balaban J connectivity index is 1.60. The van der Waals surface area contributed by atoms with Gasteiger partial charge in [-0.25, -0.2) is 0 Å². The van der Waals surface area contributed by atoms with Crippen LogP contribution in [0.15, 0.2) is 91.0 Å². The van der Waals surface area contributed by atoms with E-state index >= 15 is 0 Å². The number of hydrogen-bond acceptors (Lipinski definition) is 8. The van der Waals surface area contributed by atoms with Gasteiger partial charge in [-0.2, -0.15) is 0 Å². The van der Waals surface area contributed by atoms with Crippen LogP contribution in [0.25, 0.3) is 0 Å². The average molecular weight is 551 g/mol. The second-order valence-corrected chi connectivity index (χ2v) is 10.3. The molecule has 1 heterocycles. The Morgan fingerprint density at radius 2 is 1.28 bits per heavy atom. The molecule has 1 aliphatic heterocycles. The Labute approximate surface area is 233 Å². The molecule has 1 fully saturated rings. The summed E-state index contributed by atoms with van der Waals surface area (Å²) < 4.78 is 31.0. The van der Waals surface area contributed by atoms with Crippen LogP contribution in [0, 0.1) is 5.41 Å². The fourth-order valence-corrected chi connectivity index (χ4v) is 5.13. The molecule has 0 saturated carbocycles. The standard InChI is InChI=1S/C30H34N2O6S/c1-21(33)37-28-27(36-19-24-15-9-4-10-16-24)26(35-18-23-13-7-3-8-14-23)25(38-29(28)39-30(31)32)20-34-17-22-11-5-2-6-12-22/h2-16,25-29H,17-20H2,1H3,(H3,31,32)/t25-,26-,27+,28+,29+/m1/s1. The van der Waals surface area contributed by atoms with Crippen molar-refractivity contribution >= 4 is 22.9 Å². The van der Waals surface area contributed by atoms with Gasteiger partial charge in [0.25, 0.3) is 0 Å². The third-order valence-electron chi connectivity index (χ3n) is 6.10. The molecular weight excluding hydrogens is 516 g/mol. The van der Waals surface area contributed by atoms with Gasteiger partial charge in [-0.15, -0.1) is 0 Å². The highest BCUT2D eigenvalue weighted by Gasteiger charge is 2.50. The van der Waals surface area contributed by atoms with Crippen LogP contribution < -0.4 is 5.73 Å². The first-order chi connectivity index (χ1) is 19.0. The molecule has 206 valence electrons. The lowest BCUT2D eigenvalue weighted by molar-refractivity contribution is -0.249. The first kappa shape index (κ1) is 28.8. The number of hydrogen-bond donors (Lipinski definition) is 2. The van der Waals surface area contributed by atoms with Crippen LogP contribution in [-0.2, 0) is 48.3 Å². The van der Waals surface area contributed by atoms with Gasteiger partial charge in [0.15, 0.2) is 16.7 Å². The van der Waals surface area contributed by atoms with Crippen molar-refractivity contribution in [2.45, 2.75) is 56.6 Å². The van der Waals surface area contributed by atoms with Gasteiger partial charge in [0, 0.05) is 6.92 Å². The molecular formula is C30H34N2O6S. The minimum Gasteiger partial charge on any atom is -0.456 e. The Kier molecular flexibility index (Phi) is 10.9. The van der Waals surface area contributed by atoms with Crippen LogP contribution in [-0.4, -0.2) is 47.6 Å². The number of thioether (sulfide) groups is 1. The van der Waals surface area contributed by atoms with Crippen molar-refractivity contribution < 1.29 is 28.5 Å². The molecule has 0 aliphatic carbocycles. The number of nitrogens with two attached hydrogens (primary N) is 1. The molecule has 0 spiro atoms. The van der Waals surface area contributed by atoms with Crippen molar-refractivity contribution in [2.24, 2.45) is 5.73 Å². The largest absolute Gasteiger partial charge is 0.456 e. The summed E-state index contributed by atoms with van der Waals surface area (Å²) in [5, 5.41) is 7.72. The minimum atomic E-state index is -0.869. The number of ether oxygens (including phenoxy) is 5. The molecule has 5 atom stereocenters. The van der Waals surface area contributed by atoms with Gasteiger partial charge in [-0.05, 0) is 16.7 Å². The number of benzene rings is 3. The fraction of sp³-hybridized carbons (Fsp3) is 0.333. The third-order valence-corrected chi connectivity index (χ3v) is 6.97. The lowest BCUT2D eigenvalue weighted by Crippen LogP contribution is -2.61. The maximum absolute atomic E-state index is 12.2. The number of amidine groups is 1. The van der Waals surface area contributed by atoms with Crippen LogP contribution in [0.4, 0.5) is 0 Å². The van der Waals surface area contributed by atoms with Crippen molar-refractivity contribution in [3.63, 3.8) is 0 Å². The van der Waals surface area contributed by atoms with Gasteiger partial charge in [0.05, 0.1) is 26.4 Å². The molecule has 3 N–H and O–H groups in total. The number of nitrogens with one attached hydrogen (secondary N) is 1. The van der Waals surface area contributed by atoms with Crippen molar-refractivity contribution in [3.8, 4) is 0 Å². The van der Waals surface area contributed by atoms with E-state index in [1.165, 1.54) is 6.92 Å². The van der Waals surface area contributed by atoms with Crippen LogP contribution in [0.3, 0.4) is 0 Å². The highest BCUT2D eigenvalue weighted by molar-refractivity contribution is 8.14. The molecule has 0 amide bonds. The number of carbonyl (C=O) groups excluding carboxylic acids is 1. The van der Waals surface area contributed by atoms with Gasteiger partial charge in [0.1, 0.15) is 18.3 Å². The van der Waals surface area contributed by atoms with E-state index in [4.69, 9.17) is 34.8 Å². The van der Waals surface area contributed by atoms with E-state index in [1.807, 2.05) is 91.0 Å². The summed E-state index contributed by atoms with van der Waals surface area (Å²) in [6, 6.07) is 29.4. The molecule has 1 saturated heterocycles. The molecule has 3 aromatic rings. The van der Waals surface area contributed by atoms with E-state index in [2.05, 4.69) is 0 Å². The zero-order valence-electron chi connectivity index (χ0n) is 21.8. The Morgan fingerprint density at radius 3 is 1.77 bits per heavy atom. The minimum absolute atomic E-state index is 0.161. The van der Waals surface area contributed by atoms with Gasteiger partial charge in [-0.3, -0.25) is 10.2 Å². The molecule has 39 heavy (non-hydrogen) atoms. The summed E-state index contributed by atoms with van der Waals surface area (Å²) >= 11 is 0.972. The Bertz CT molecular complexity index is 1170. The van der Waals surface area contributed by atoms with Gasteiger partial charge in [-0.1, -0.05) is 103 Å². The first-order valence-corrected chi connectivity index (χ1v) is 13.6. The normalized spacial score (nSPS) is 22.7. The molecule has 0 radical (unpaired) electrons. The molecule has 9 heteroatoms. The molecule has 0 aromatic heterocycles. The van der Waals surface area contributed by atoms with Crippen LogP contribution in [0.1, 0.15) is 23.6 Å². The van der Waals surface area contributed by atoms with E-state index in [0.29, 0.717) is 13.2 Å². The molecule has 3 aromatic carbocycles. The van der Waals surface area contributed by atoms with E-state index in [9.17, 15) is 4.79 Å². The lowest BCUT2D eigenvalue weighted by Gasteiger charge is -2.45. The molecule has 0 unspecified atom stereocenters. The average Bonchev–Trinajstić information content (AvgIpc) is 2.94. The van der Waals surface area contributed by atoms with Crippen LogP contribution in [0.5, 0.6) is 0 Å². The second-order valence-electron chi connectivity index (χ2n) is 9.12. The summed E-state index contributed by atoms with van der Waals surface area (Å²) in [7, 11) is 0. The van der Waals surface area contributed by atoms with Gasteiger partial charge in [0.2, 0.25) is 0 Å². The summed E-state index contributed by atoms with van der Waals surface area (Å²) in [5.41, 5.74) is 7.92. The van der Waals surface area contributed by atoms with Crippen LogP contribution in [0.2, 0.25) is 0 Å². The van der Waals surface area contributed by atoms with E-state index in [0.717, 1.165) is 28.5 Å². The predicted octanol–water partition coefficient (Wildman–Crippen LogP) is 4.66. The fourth-order valence-electron chi connectivity index (χ4n) is 4.34. The van der Waals surface area contributed by atoms with Crippen molar-refractivity contribution in [1.82, 2.24) is 0 Å². The highest BCUT2D eigenvalue weighted by atomic mass is 32.2. The molecule has 8 nitrogen and oxygen atoms in total. The molecule has 4 rings (SSSR count). The zero-order chi connectivity index (χ0) is 27.5. The maximum atomic E-state index is 12.2.